The Morgan fingerprint density at radius 1 is 0.870 bits per heavy atom. The zero-order valence-electron chi connectivity index (χ0n) is 13.7. The van der Waals surface area contributed by atoms with Gasteiger partial charge in [-0.15, -0.1) is 0 Å². The lowest BCUT2D eigenvalue weighted by Crippen LogP contribution is -2.10. The van der Waals surface area contributed by atoms with Gasteiger partial charge in [0, 0.05) is 10.9 Å². The van der Waals surface area contributed by atoms with E-state index >= 15 is 0 Å². The van der Waals surface area contributed by atoms with Crippen LogP contribution in [0.1, 0.15) is 26.3 Å². The van der Waals surface area contributed by atoms with Crippen LogP contribution in [0.25, 0.3) is 27.5 Å². The van der Waals surface area contributed by atoms with Crippen LogP contribution in [0.2, 0.25) is 0 Å². The molecular formula is C21H20N2. The Morgan fingerprint density at radius 2 is 1.61 bits per heavy atom. The molecule has 0 N–H and O–H groups in total. The van der Waals surface area contributed by atoms with Crippen LogP contribution < -0.4 is 0 Å². The van der Waals surface area contributed by atoms with Crippen LogP contribution in [-0.2, 0) is 5.41 Å². The lowest BCUT2D eigenvalue weighted by Gasteiger charge is -2.19. The summed E-state index contributed by atoms with van der Waals surface area (Å²) in [5.41, 5.74) is 4.99. The van der Waals surface area contributed by atoms with Gasteiger partial charge in [-0.25, -0.2) is 4.52 Å². The fourth-order valence-corrected chi connectivity index (χ4v) is 3.11. The highest BCUT2D eigenvalue weighted by Gasteiger charge is 2.14. The minimum Gasteiger partial charge on any atom is -0.232 e. The highest BCUT2D eigenvalue weighted by molar-refractivity contribution is 5.98. The summed E-state index contributed by atoms with van der Waals surface area (Å²) in [6.45, 7) is 6.72. The van der Waals surface area contributed by atoms with E-state index in [0.717, 1.165) is 11.2 Å². The molecule has 2 aromatic carbocycles. The third-order valence-corrected chi connectivity index (χ3v) is 4.45. The first-order chi connectivity index (χ1) is 11.0. The molecular weight excluding hydrogens is 280 g/mol. The summed E-state index contributed by atoms with van der Waals surface area (Å²) in [5.74, 6) is 0. The number of nitrogens with zero attached hydrogens (tertiary/aromatic N) is 2. The second-order valence-corrected chi connectivity index (χ2v) is 7.07. The first-order valence-corrected chi connectivity index (χ1v) is 8.00. The van der Waals surface area contributed by atoms with Crippen molar-refractivity contribution >= 4 is 16.3 Å². The van der Waals surface area contributed by atoms with Crippen LogP contribution in [0.15, 0.2) is 66.9 Å². The number of hydrogen-bond acceptors (Lipinski definition) is 1. The van der Waals surface area contributed by atoms with Crippen molar-refractivity contribution in [1.29, 1.82) is 0 Å². The van der Waals surface area contributed by atoms with E-state index in [1.807, 2.05) is 10.7 Å². The van der Waals surface area contributed by atoms with Crippen molar-refractivity contribution in [2.24, 2.45) is 0 Å². The van der Waals surface area contributed by atoms with Gasteiger partial charge in [0.05, 0.1) is 17.4 Å². The van der Waals surface area contributed by atoms with Crippen LogP contribution in [0, 0.1) is 0 Å². The number of aromatic nitrogens is 2. The molecule has 0 atom stereocenters. The summed E-state index contributed by atoms with van der Waals surface area (Å²) in [5, 5.41) is 7.01. The molecule has 0 saturated heterocycles. The van der Waals surface area contributed by atoms with Gasteiger partial charge < -0.3 is 0 Å². The minimum absolute atomic E-state index is 0.170. The van der Waals surface area contributed by atoms with E-state index in [1.54, 1.807) is 0 Å². The first-order valence-electron chi connectivity index (χ1n) is 8.00. The highest BCUT2D eigenvalue weighted by atomic mass is 15.2. The molecule has 114 valence electrons. The molecule has 0 amide bonds. The maximum Gasteiger partial charge on any atom is 0.0747 e. The lowest BCUT2D eigenvalue weighted by molar-refractivity contribution is 0.590. The monoisotopic (exact) mass is 300 g/mol. The van der Waals surface area contributed by atoms with Crippen LogP contribution in [0.4, 0.5) is 0 Å². The maximum atomic E-state index is 4.53. The standard InChI is InChI=1S/C21H20N2/c1-21(2,3)17-10-8-15(9-11-17)20-14-16-6-4-5-7-18(16)19-12-13-22-23(19)20/h4-14H,1-3H3. The van der Waals surface area contributed by atoms with Crippen LogP contribution >= 0.6 is 0 Å². The van der Waals surface area contributed by atoms with Gasteiger partial charge in [-0.1, -0.05) is 69.3 Å². The van der Waals surface area contributed by atoms with Gasteiger partial charge in [-0.3, -0.25) is 0 Å². The van der Waals surface area contributed by atoms with E-state index in [4.69, 9.17) is 0 Å². The largest absolute Gasteiger partial charge is 0.232 e. The van der Waals surface area contributed by atoms with Crippen LogP contribution in [0.3, 0.4) is 0 Å². The van der Waals surface area contributed by atoms with Crippen molar-refractivity contribution in [2.45, 2.75) is 26.2 Å². The molecule has 0 spiro atoms. The average molecular weight is 300 g/mol. The molecule has 0 aliphatic rings. The summed E-state index contributed by atoms with van der Waals surface area (Å²) in [4.78, 5) is 0. The zero-order chi connectivity index (χ0) is 16.0. The predicted octanol–water partition coefficient (Wildman–Crippen LogP) is 5.45. The van der Waals surface area contributed by atoms with Gasteiger partial charge in [-0.2, -0.15) is 5.10 Å². The molecule has 4 rings (SSSR count). The molecule has 0 aliphatic heterocycles. The Balaban J connectivity index is 1.95. The highest BCUT2D eigenvalue weighted by Crippen LogP contribution is 2.30. The molecule has 23 heavy (non-hydrogen) atoms. The fraction of sp³-hybridized carbons (Fsp3) is 0.190. The van der Waals surface area contributed by atoms with Crippen molar-refractivity contribution in [3.8, 4) is 11.3 Å². The molecule has 2 heteroatoms. The van der Waals surface area contributed by atoms with Gasteiger partial charge in [0.25, 0.3) is 0 Å². The number of fused-ring (bicyclic) bond motifs is 3. The van der Waals surface area contributed by atoms with E-state index < -0.39 is 0 Å². The number of pyridine rings is 1. The van der Waals surface area contributed by atoms with Gasteiger partial charge in [0.1, 0.15) is 0 Å². The number of benzene rings is 2. The smallest absolute Gasteiger partial charge is 0.0747 e. The normalized spacial score (nSPS) is 12.1. The van der Waals surface area contributed by atoms with Crippen molar-refractivity contribution in [2.75, 3.05) is 0 Å². The fourth-order valence-electron chi connectivity index (χ4n) is 3.11. The molecule has 0 bridgehead atoms. The van der Waals surface area contributed by atoms with Crippen molar-refractivity contribution < 1.29 is 0 Å². The molecule has 2 heterocycles. The summed E-state index contributed by atoms with van der Waals surface area (Å²) in [7, 11) is 0. The lowest BCUT2D eigenvalue weighted by atomic mass is 9.86. The summed E-state index contributed by atoms with van der Waals surface area (Å²) in [6.07, 6.45) is 1.87. The summed E-state index contributed by atoms with van der Waals surface area (Å²) < 4.78 is 2.04. The Hall–Kier alpha value is -2.61. The Kier molecular flexibility index (Phi) is 3.02. The number of rotatable bonds is 1. The van der Waals surface area contributed by atoms with E-state index in [0.29, 0.717) is 0 Å². The van der Waals surface area contributed by atoms with Gasteiger partial charge in [0.15, 0.2) is 0 Å². The van der Waals surface area contributed by atoms with Gasteiger partial charge in [-0.05, 0) is 28.5 Å². The van der Waals surface area contributed by atoms with Crippen molar-refractivity contribution in [3.05, 3.63) is 72.4 Å². The second kappa shape index (κ2) is 4.95. The third-order valence-electron chi connectivity index (χ3n) is 4.45. The zero-order valence-corrected chi connectivity index (χ0v) is 13.7. The van der Waals surface area contributed by atoms with Crippen LogP contribution in [0.5, 0.6) is 0 Å². The quantitative estimate of drug-likeness (QED) is 0.457. The SMILES string of the molecule is CC(C)(C)c1ccc(-c2cc3ccccc3c3ccnn23)cc1. The topological polar surface area (TPSA) is 17.3 Å². The van der Waals surface area contributed by atoms with Gasteiger partial charge >= 0.3 is 0 Å². The Labute approximate surface area is 136 Å². The van der Waals surface area contributed by atoms with Crippen molar-refractivity contribution in [3.63, 3.8) is 0 Å². The van der Waals surface area contributed by atoms with E-state index in [2.05, 4.69) is 86.5 Å². The Bertz CT molecular complexity index is 986. The predicted molar refractivity (Wildman–Crippen MR) is 96.8 cm³/mol. The maximum absolute atomic E-state index is 4.53. The van der Waals surface area contributed by atoms with Gasteiger partial charge in [0.2, 0.25) is 0 Å². The molecule has 4 aromatic rings. The molecule has 0 unspecified atom stereocenters. The molecule has 0 aliphatic carbocycles. The summed E-state index contributed by atoms with van der Waals surface area (Å²) >= 11 is 0. The molecule has 0 radical (unpaired) electrons. The minimum atomic E-state index is 0.170. The van der Waals surface area contributed by atoms with E-state index in [1.165, 1.54) is 21.9 Å². The average Bonchev–Trinajstić information content (AvgIpc) is 3.03. The second-order valence-electron chi connectivity index (χ2n) is 7.07. The van der Waals surface area contributed by atoms with Crippen LogP contribution in [-0.4, -0.2) is 9.61 Å². The first kappa shape index (κ1) is 14.0. The third kappa shape index (κ3) is 2.31. The summed E-state index contributed by atoms with van der Waals surface area (Å²) in [6, 6.07) is 21.6. The molecule has 0 saturated carbocycles. The molecule has 0 fully saturated rings. The molecule has 2 nitrogen and oxygen atoms in total. The Morgan fingerprint density at radius 3 is 2.35 bits per heavy atom. The molecule has 2 aromatic heterocycles. The number of hydrogen-bond donors (Lipinski definition) is 0. The van der Waals surface area contributed by atoms with E-state index in [-0.39, 0.29) is 5.41 Å². The van der Waals surface area contributed by atoms with E-state index in [9.17, 15) is 0 Å². The van der Waals surface area contributed by atoms with Crippen molar-refractivity contribution in [1.82, 2.24) is 9.61 Å².